The monoisotopic (exact) mass is 246 g/mol. The smallest absolute Gasteiger partial charge is 0.174 e. The zero-order valence-electron chi connectivity index (χ0n) is 9.78. The van der Waals surface area contributed by atoms with Gasteiger partial charge in [0.2, 0.25) is 0 Å². The van der Waals surface area contributed by atoms with Gasteiger partial charge in [-0.25, -0.2) is 4.21 Å². The maximum Gasteiger partial charge on any atom is 0.174 e. The molecule has 0 spiro atoms. The molecule has 16 heavy (non-hydrogen) atoms. The molecule has 1 atom stereocenters. The molecule has 0 amide bonds. The van der Waals surface area contributed by atoms with E-state index >= 15 is 0 Å². The molecule has 2 N–H and O–H groups in total. The van der Waals surface area contributed by atoms with Crippen molar-refractivity contribution < 1.29 is 8.76 Å². The van der Waals surface area contributed by atoms with Crippen LogP contribution in [0, 0.1) is 0 Å². The number of nitrogens with zero attached hydrogens (tertiary/aromatic N) is 1. The summed E-state index contributed by atoms with van der Waals surface area (Å²) in [6, 6.07) is 0. The molecule has 0 bridgehead atoms. The van der Waals surface area contributed by atoms with Crippen molar-refractivity contribution in [1.29, 1.82) is 0 Å². The molecule has 1 heterocycles. The minimum atomic E-state index is -1.72. The van der Waals surface area contributed by atoms with E-state index in [4.69, 9.17) is 0 Å². The van der Waals surface area contributed by atoms with Crippen LogP contribution < -0.4 is 5.32 Å². The van der Waals surface area contributed by atoms with E-state index in [2.05, 4.69) is 10.2 Å². The van der Waals surface area contributed by atoms with Crippen LogP contribution in [0.1, 0.15) is 38.5 Å². The Bertz CT molecular complexity index is 246. The Morgan fingerprint density at radius 2 is 1.62 bits per heavy atom. The van der Waals surface area contributed by atoms with Gasteiger partial charge in [-0.15, -0.1) is 0 Å². The van der Waals surface area contributed by atoms with Crippen LogP contribution in [0.3, 0.4) is 0 Å². The first-order valence-electron chi connectivity index (χ1n) is 6.32. The van der Waals surface area contributed by atoms with Crippen molar-refractivity contribution in [1.82, 2.24) is 10.2 Å². The van der Waals surface area contributed by atoms with Gasteiger partial charge in [-0.3, -0.25) is 4.90 Å². The lowest BCUT2D eigenvalue weighted by atomic mass is 10.1. The fraction of sp³-hybridized carbons (Fsp3) is 1.00. The van der Waals surface area contributed by atoms with E-state index in [0.29, 0.717) is 0 Å². The molecule has 1 unspecified atom stereocenters. The average molecular weight is 246 g/mol. The van der Waals surface area contributed by atoms with Crippen LogP contribution in [0.4, 0.5) is 0 Å². The van der Waals surface area contributed by atoms with Crippen molar-refractivity contribution >= 4 is 11.1 Å². The van der Waals surface area contributed by atoms with Crippen molar-refractivity contribution in [3.63, 3.8) is 0 Å². The highest BCUT2D eigenvalue weighted by Crippen LogP contribution is 2.35. The third-order valence-electron chi connectivity index (χ3n) is 3.90. The normalized spacial score (nSPS) is 29.6. The second kappa shape index (κ2) is 5.58. The maximum absolute atomic E-state index is 11.8. The Morgan fingerprint density at radius 1 is 1.06 bits per heavy atom. The van der Waals surface area contributed by atoms with E-state index in [1.807, 2.05) is 0 Å². The summed E-state index contributed by atoms with van der Waals surface area (Å²) in [6.45, 7) is 3.70. The van der Waals surface area contributed by atoms with Crippen LogP contribution in [-0.2, 0) is 11.1 Å². The molecule has 1 saturated heterocycles. The quantitative estimate of drug-likeness (QED) is 0.567. The first-order valence-corrected chi connectivity index (χ1v) is 7.43. The third-order valence-corrected chi connectivity index (χ3v) is 5.22. The number of nitrogens with one attached hydrogen (secondary N) is 1. The summed E-state index contributed by atoms with van der Waals surface area (Å²) in [5.41, 5.74) is 0. The Labute approximate surface area is 100 Å². The fourth-order valence-electron chi connectivity index (χ4n) is 2.95. The van der Waals surface area contributed by atoms with Gasteiger partial charge >= 0.3 is 0 Å². The summed E-state index contributed by atoms with van der Waals surface area (Å²) >= 11 is -1.72. The Balaban J connectivity index is 2.14. The number of piperazine rings is 1. The zero-order chi connectivity index (χ0) is 11.4. The summed E-state index contributed by atoms with van der Waals surface area (Å²) in [5, 5.41) is 3.30. The predicted octanol–water partition coefficient (Wildman–Crippen LogP) is 1.16. The van der Waals surface area contributed by atoms with Crippen molar-refractivity contribution in [3.05, 3.63) is 0 Å². The second-order valence-electron chi connectivity index (χ2n) is 4.85. The van der Waals surface area contributed by atoms with Crippen molar-refractivity contribution in [2.24, 2.45) is 0 Å². The van der Waals surface area contributed by atoms with Crippen LogP contribution >= 0.6 is 0 Å². The highest BCUT2D eigenvalue weighted by Gasteiger charge is 2.42. The summed E-state index contributed by atoms with van der Waals surface area (Å²) in [6.07, 6.45) is 6.38. The second-order valence-corrected chi connectivity index (χ2v) is 6.10. The van der Waals surface area contributed by atoms with Crippen LogP contribution in [0.5, 0.6) is 0 Å². The molecule has 2 fully saturated rings. The van der Waals surface area contributed by atoms with E-state index in [-0.39, 0.29) is 0 Å². The molecule has 2 aliphatic rings. The summed E-state index contributed by atoms with van der Waals surface area (Å²) in [7, 11) is 0. The standard InChI is InChI=1S/C11H22N2O2S/c14-16(15)11(5-3-1-2-4-6-11)13-9-7-12-8-10-13/h12H,1-10H2,(H,14,15). The molecule has 1 saturated carbocycles. The number of rotatable bonds is 2. The van der Waals surface area contributed by atoms with Crippen LogP contribution in [0.25, 0.3) is 0 Å². The van der Waals surface area contributed by atoms with Gasteiger partial charge in [0.05, 0.1) is 0 Å². The molecular weight excluding hydrogens is 224 g/mol. The number of hydrogen-bond donors (Lipinski definition) is 2. The molecule has 2 rings (SSSR count). The van der Waals surface area contributed by atoms with Gasteiger partial charge in [0.15, 0.2) is 11.1 Å². The SMILES string of the molecule is O=S(O)C1(N2CCNCC2)CCCCCC1. The molecule has 5 heteroatoms. The highest BCUT2D eigenvalue weighted by molar-refractivity contribution is 7.80. The largest absolute Gasteiger partial charge is 0.314 e. The Hall–Kier alpha value is 0.0300. The lowest BCUT2D eigenvalue weighted by Crippen LogP contribution is -2.58. The van der Waals surface area contributed by atoms with Crippen LogP contribution in [0.2, 0.25) is 0 Å². The van der Waals surface area contributed by atoms with E-state index in [0.717, 1.165) is 51.9 Å². The molecule has 0 aromatic carbocycles. The fourth-order valence-corrected chi connectivity index (χ4v) is 4.00. The predicted molar refractivity (Wildman–Crippen MR) is 65.6 cm³/mol. The average Bonchev–Trinajstić information content (AvgIpc) is 2.56. The molecule has 0 radical (unpaired) electrons. The van der Waals surface area contributed by atoms with Crippen LogP contribution in [-0.4, -0.2) is 44.7 Å². The Kier molecular flexibility index (Phi) is 4.35. The summed E-state index contributed by atoms with van der Waals surface area (Å²) in [4.78, 5) is 1.81. The maximum atomic E-state index is 11.8. The van der Waals surface area contributed by atoms with Gasteiger partial charge < -0.3 is 9.87 Å². The van der Waals surface area contributed by atoms with Crippen LogP contribution in [0.15, 0.2) is 0 Å². The summed E-state index contributed by atoms with van der Waals surface area (Å²) in [5.74, 6) is 0. The van der Waals surface area contributed by atoms with Gasteiger partial charge in [0.25, 0.3) is 0 Å². The molecule has 0 aromatic heterocycles. The molecule has 94 valence electrons. The van der Waals surface area contributed by atoms with Gasteiger partial charge in [-0.05, 0) is 12.8 Å². The molecular formula is C11H22N2O2S. The third kappa shape index (κ3) is 2.47. The molecule has 4 nitrogen and oxygen atoms in total. The van der Waals surface area contributed by atoms with E-state index in [1.165, 1.54) is 12.8 Å². The minimum absolute atomic E-state index is 0.446. The molecule has 1 aliphatic carbocycles. The lowest BCUT2D eigenvalue weighted by molar-refractivity contribution is 0.121. The first kappa shape index (κ1) is 12.5. The van der Waals surface area contributed by atoms with E-state index in [1.54, 1.807) is 0 Å². The zero-order valence-corrected chi connectivity index (χ0v) is 10.6. The topological polar surface area (TPSA) is 52.6 Å². The minimum Gasteiger partial charge on any atom is -0.314 e. The van der Waals surface area contributed by atoms with Gasteiger partial charge in [0.1, 0.15) is 4.87 Å². The Morgan fingerprint density at radius 3 is 2.12 bits per heavy atom. The van der Waals surface area contributed by atoms with E-state index < -0.39 is 16.0 Å². The first-order chi connectivity index (χ1) is 7.76. The lowest BCUT2D eigenvalue weighted by Gasteiger charge is -2.43. The molecule has 1 aliphatic heterocycles. The van der Waals surface area contributed by atoms with Gasteiger partial charge in [-0.1, -0.05) is 25.7 Å². The number of hydrogen-bond acceptors (Lipinski definition) is 3. The summed E-state index contributed by atoms with van der Waals surface area (Å²) < 4.78 is 21.5. The van der Waals surface area contributed by atoms with Crippen molar-refractivity contribution in [3.8, 4) is 0 Å². The highest BCUT2D eigenvalue weighted by atomic mass is 32.2. The van der Waals surface area contributed by atoms with Gasteiger partial charge in [-0.2, -0.15) is 0 Å². The van der Waals surface area contributed by atoms with E-state index in [9.17, 15) is 8.76 Å². The van der Waals surface area contributed by atoms with Crippen molar-refractivity contribution in [2.45, 2.75) is 43.4 Å². The van der Waals surface area contributed by atoms with Crippen molar-refractivity contribution in [2.75, 3.05) is 26.2 Å². The van der Waals surface area contributed by atoms with Gasteiger partial charge in [0, 0.05) is 26.2 Å². The molecule has 0 aromatic rings.